The first kappa shape index (κ1) is 16.1. The highest BCUT2D eigenvalue weighted by Gasteiger charge is 2.22. The number of nitrogens with zero attached hydrogens (tertiary/aromatic N) is 3. The minimum absolute atomic E-state index is 0.118. The van der Waals surface area contributed by atoms with Gasteiger partial charge >= 0.3 is 0 Å². The fourth-order valence-corrected chi connectivity index (χ4v) is 3.14. The third kappa shape index (κ3) is 3.95. The zero-order chi connectivity index (χ0) is 16.2. The summed E-state index contributed by atoms with van der Waals surface area (Å²) in [5.74, 6) is 1.00. The highest BCUT2D eigenvalue weighted by Crippen LogP contribution is 2.17. The van der Waals surface area contributed by atoms with Crippen LogP contribution in [-0.4, -0.2) is 53.3 Å². The van der Waals surface area contributed by atoms with E-state index in [1.807, 2.05) is 48.4 Å². The molecule has 0 radical (unpaired) electrons. The van der Waals surface area contributed by atoms with E-state index in [0.717, 1.165) is 49.7 Å². The summed E-state index contributed by atoms with van der Waals surface area (Å²) in [5.41, 5.74) is 1.67. The monoisotopic (exact) mass is 331 g/mol. The van der Waals surface area contributed by atoms with Crippen molar-refractivity contribution in [1.82, 2.24) is 15.0 Å². The van der Waals surface area contributed by atoms with Gasteiger partial charge in [-0.25, -0.2) is 0 Å². The summed E-state index contributed by atoms with van der Waals surface area (Å²) >= 11 is 1.68. The first-order chi connectivity index (χ1) is 11.2. The average Bonchev–Trinajstić information content (AvgIpc) is 3.00. The molecule has 0 bridgehead atoms. The summed E-state index contributed by atoms with van der Waals surface area (Å²) in [4.78, 5) is 17.9. The van der Waals surface area contributed by atoms with Gasteiger partial charge in [0.2, 0.25) is 0 Å². The number of carbonyl (C=O) groups excluding carboxylic acids is 1. The molecule has 0 unspecified atom stereocenters. The van der Waals surface area contributed by atoms with Crippen molar-refractivity contribution in [2.75, 3.05) is 32.4 Å². The maximum Gasteiger partial charge on any atom is 0.253 e. The Balaban J connectivity index is 1.54. The van der Waals surface area contributed by atoms with Crippen molar-refractivity contribution in [2.45, 2.75) is 18.4 Å². The van der Waals surface area contributed by atoms with Crippen LogP contribution < -0.4 is 0 Å². The molecule has 2 aromatic rings. The van der Waals surface area contributed by atoms with E-state index in [4.69, 9.17) is 4.52 Å². The molecular weight excluding hydrogens is 310 g/mol. The van der Waals surface area contributed by atoms with Crippen molar-refractivity contribution in [3.63, 3.8) is 0 Å². The molecule has 5 nitrogen and oxygen atoms in total. The summed E-state index contributed by atoms with van der Waals surface area (Å²) in [5, 5.41) is 3.91. The van der Waals surface area contributed by atoms with E-state index in [0.29, 0.717) is 0 Å². The zero-order valence-electron chi connectivity index (χ0n) is 13.5. The lowest BCUT2D eigenvalue weighted by atomic mass is 10.2. The van der Waals surface area contributed by atoms with Crippen molar-refractivity contribution < 1.29 is 9.32 Å². The summed E-state index contributed by atoms with van der Waals surface area (Å²) in [6.07, 6.45) is 2.03. The number of hydrogen-bond donors (Lipinski definition) is 0. The third-order valence-corrected chi connectivity index (χ3v) is 4.80. The Morgan fingerprint density at radius 1 is 1.22 bits per heavy atom. The standard InChI is InChI=1S/C17H21N3O2S/c1-13-11-15(22-18-13)12-19-7-9-20(10-8-19)17(21)14-3-5-16(23-2)6-4-14/h3-6,11H,7-10,12H2,1-2H3. The lowest BCUT2D eigenvalue weighted by molar-refractivity contribution is 0.0617. The van der Waals surface area contributed by atoms with Gasteiger partial charge in [-0.15, -0.1) is 11.8 Å². The Bertz CT molecular complexity index is 661. The second-order valence-electron chi connectivity index (χ2n) is 5.73. The second kappa shape index (κ2) is 7.19. The van der Waals surface area contributed by atoms with Gasteiger partial charge in [0.05, 0.1) is 12.2 Å². The van der Waals surface area contributed by atoms with E-state index in [1.54, 1.807) is 11.8 Å². The largest absolute Gasteiger partial charge is 0.360 e. The molecule has 1 fully saturated rings. The Morgan fingerprint density at radius 3 is 2.48 bits per heavy atom. The molecule has 1 aromatic carbocycles. The zero-order valence-corrected chi connectivity index (χ0v) is 14.3. The third-order valence-electron chi connectivity index (χ3n) is 4.05. The molecular formula is C17H21N3O2S. The van der Waals surface area contributed by atoms with Crippen LogP contribution in [0.25, 0.3) is 0 Å². The fourth-order valence-electron chi connectivity index (χ4n) is 2.74. The van der Waals surface area contributed by atoms with E-state index in [2.05, 4.69) is 10.1 Å². The van der Waals surface area contributed by atoms with E-state index in [9.17, 15) is 4.79 Å². The topological polar surface area (TPSA) is 49.6 Å². The molecule has 1 amide bonds. The van der Waals surface area contributed by atoms with Gasteiger partial charge in [-0.1, -0.05) is 5.16 Å². The van der Waals surface area contributed by atoms with Crippen LogP contribution >= 0.6 is 11.8 Å². The average molecular weight is 331 g/mol. The molecule has 1 aliphatic heterocycles. The van der Waals surface area contributed by atoms with Crippen molar-refractivity contribution in [2.24, 2.45) is 0 Å². The number of thioether (sulfide) groups is 1. The van der Waals surface area contributed by atoms with E-state index >= 15 is 0 Å². The van der Waals surface area contributed by atoms with Gasteiger partial charge in [0.1, 0.15) is 0 Å². The molecule has 1 saturated heterocycles. The summed E-state index contributed by atoms with van der Waals surface area (Å²) in [6, 6.07) is 9.79. The van der Waals surface area contributed by atoms with Gasteiger partial charge in [-0.3, -0.25) is 9.69 Å². The number of aromatic nitrogens is 1. The lowest BCUT2D eigenvalue weighted by Gasteiger charge is -2.34. The molecule has 122 valence electrons. The van der Waals surface area contributed by atoms with Crippen LogP contribution in [0.2, 0.25) is 0 Å². The van der Waals surface area contributed by atoms with Crippen molar-refractivity contribution >= 4 is 17.7 Å². The molecule has 0 atom stereocenters. The van der Waals surface area contributed by atoms with Gasteiger partial charge < -0.3 is 9.42 Å². The number of rotatable bonds is 4. The minimum atomic E-state index is 0.118. The van der Waals surface area contributed by atoms with Gasteiger partial charge in [-0.2, -0.15) is 0 Å². The quantitative estimate of drug-likeness (QED) is 0.806. The van der Waals surface area contributed by atoms with Crippen molar-refractivity contribution in [3.05, 3.63) is 47.3 Å². The molecule has 0 N–H and O–H groups in total. The first-order valence-electron chi connectivity index (χ1n) is 7.73. The van der Waals surface area contributed by atoms with E-state index in [1.165, 1.54) is 4.90 Å². The molecule has 1 aliphatic rings. The van der Waals surface area contributed by atoms with Gasteiger partial charge in [0.25, 0.3) is 5.91 Å². The van der Waals surface area contributed by atoms with Crippen LogP contribution in [0.3, 0.4) is 0 Å². The van der Waals surface area contributed by atoms with Crippen LogP contribution in [0.1, 0.15) is 21.8 Å². The highest BCUT2D eigenvalue weighted by molar-refractivity contribution is 7.98. The van der Waals surface area contributed by atoms with Crippen LogP contribution in [-0.2, 0) is 6.54 Å². The normalized spacial score (nSPS) is 15.8. The smallest absolute Gasteiger partial charge is 0.253 e. The SMILES string of the molecule is CSc1ccc(C(=O)N2CCN(Cc3cc(C)no3)CC2)cc1. The molecule has 0 aliphatic carbocycles. The number of amides is 1. The Morgan fingerprint density at radius 2 is 1.91 bits per heavy atom. The molecule has 23 heavy (non-hydrogen) atoms. The number of carbonyl (C=O) groups is 1. The minimum Gasteiger partial charge on any atom is -0.360 e. The lowest BCUT2D eigenvalue weighted by Crippen LogP contribution is -2.48. The van der Waals surface area contributed by atoms with E-state index in [-0.39, 0.29) is 5.91 Å². The predicted octanol–water partition coefficient (Wildman–Crippen LogP) is 2.66. The molecule has 0 saturated carbocycles. The predicted molar refractivity (Wildman–Crippen MR) is 90.6 cm³/mol. The molecule has 3 rings (SSSR count). The number of benzene rings is 1. The maximum absolute atomic E-state index is 12.5. The second-order valence-corrected chi connectivity index (χ2v) is 6.61. The fraction of sp³-hybridized carbons (Fsp3) is 0.412. The Kier molecular flexibility index (Phi) is 5.03. The van der Waals surface area contributed by atoms with Crippen LogP contribution in [0.4, 0.5) is 0 Å². The Labute approximate surface area is 140 Å². The van der Waals surface area contributed by atoms with Gasteiger partial charge in [0.15, 0.2) is 5.76 Å². The molecule has 2 heterocycles. The van der Waals surface area contributed by atoms with Gasteiger partial charge in [-0.05, 0) is 37.4 Å². The van der Waals surface area contributed by atoms with Crippen molar-refractivity contribution in [3.8, 4) is 0 Å². The summed E-state index contributed by atoms with van der Waals surface area (Å²) in [6.45, 7) is 5.88. The summed E-state index contributed by atoms with van der Waals surface area (Å²) in [7, 11) is 0. The number of piperazine rings is 1. The summed E-state index contributed by atoms with van der Waals surface area (Å²) < 4.78 is 5.26. The molecule has 0 spiro atoms. The van der Waals surface area contributed by atoms with Gasteiger partial charge in [0, 0.05) is 42.7 Å². The van der Waals surface area contributed by atoms with Crippen LogP contribution in [0.5, 0.6) is 0 Å². The Hall–Kier alpha value is -1.79. The molecule has 6 heteroatoms. The van der Waals surface area contributed by atoms with Crippen LogP contribution in [0, 0.1) is 6.92 Å². The van der Waals surface area contributed by atoms with Crippen LogP contribution in [0.15, 0.2) is 39.8 Å². The van der Waals surface area contributed by atoms with E-state index < -0.39 is 0 Å². The van der Waals surface area contributed by atoms with Crippen molar-refractivity contribution in [1.29, 1.82) is 0 Å². The number of hydrogen-bond acceptors (Lipinski definition) is 5. The first-order valence-corrected chi connectivity index (χ1v) is 8.96. The number of aryl methyl sites for hydroxylation is 1. The maximum atomic E-state index is 12.5. The molecule has 1 aromatic heterocycles. The highest BCUT2D eigenvalue weighted by atomic mass is 32.2.